The number of amides is 1. The molecule has 2 atom stereocenters. The lowest BCUT2D eigenvalue weighted by molar-refractivity contribution is -0.142. The van der Waals surface area contributed by atoms with E-state index in [0.717, 1.165) is 43.7 Å². The molecule has 3 aromatic carbocycles. The van der Waals surface area contributed by atoms with Gasteiger partial charge in [0.05, 0.1) is 7.11 Å². The van der Waals surface area contributed by atoms with Gasteiger partial charge in [-0.3, -0.25) is 9.59 Å². The SMILES string of the molecule is CCC1CCC(=O)C(c2ccc(C[C@H](NC(=O)c3c(F)cccc3F)C(=O)OC)c3c2OCCO3)=Cc2ccccc21. The highest BCUT2D eigenvalue weighted by Gasteiger charge is 2.31. The third-order valence-electron chi connectivity index (χ3n) is 7.71. The van der Waals surface area contributed by atoms with Crippen LogP contribution in [0, 0.1) is 11.6 Å². The van der Waals surface area contributed by atoms with Crippen molar-refractivity contribution in [3.8, 4) is 11.5 Å². The van der Waals surface area contributed by atoms with Crippen LogP contribution in [-0.4, -0.2) is 44.0 Å². The minimum Gasteiger partial charge on any atom is -0.486 e. The molecule has 2 aliphatic rings. The van der Waals surface area contributed by atoms with Crippen LogP contribution in [0.3, 0.4) is 0 Å². The van der Waals surface area contributed by atoms with Gasteiger partial charge in [0.1, 0.15) is 36.5 Å². The molecule has 42 heavy (non-hydrogen) atoms. The first-order valence-electron chi connectivity index (χ1n) is 13.9. The van der Waals surface area contributed by atoms with Crippen molar-refractivity contribution in [1.82, 2.24) is 5.32 Å². The van der Waals surface area contributed by atoms with E-state index in [4.69, 9.17) is 14.2 Å². The van der Waals surface area contributed by atoms with Gasteiger partial charge in [-0.15, -0.1) is 0 Å². The molecular weight excluding hydrogens is 544 g/mol. The molecule has 3 aromatic rings. The molecule has 0 radical (unpaired) electrons. The summed E-state index contributed by atoms with van der Waals surface area (Å²) in [4.78, 5) is 39.0. The molecule has 7 nitrogen and oxygen atoms in total. The van der Waals surface area contributed by atoms with Crippen LogP contribution in [0.15, 0.2) is 54.6 Å². The number of Topliss-reactive ketones (excluding diaryl/α,β-unsaturated/α-hetero) is 1. The molecule has 1 heterocycles. The lowest BCUT2D eigenvalue weighted by atomic mass is 9.82. The molecule has 0 fully saturated rings. The zero-order valence-corrected chi connectivity index (χ0v) is 23.4. The van der Waals surface area contributed by atoms with E-state index < -0.39 is 35.1 Å². The summed E-state index contributed by atoms with van der Waals surface area (Å²) in [6, 6.07) is 13.2. The highest BCUT2D eigenvalue weighted by molar-refractivity contribution is 6.26. The first-order valence-corrected chi connectivity index (χ1v) is 13.9. The normalized spacial score (nSPS) is 16.8. The fourth-order valence-electron chi connectivity index (χ4n) is 5.56. The van der Waals surface area contributed by atoms with Gasteiger partial charge in [0.2, 0.25) is 0 Å². The molecule has 0 bridgehead atoms. The number of nitrogens with one attached hydrogen (secondary N) is 1. The predicted molar refractivity (Wildman–Crippen MR) is 152 cm³/mol. The van der Waals surface area contributed by atoms with Crippen molar-refractivity contribution in [2.24, 2.45) is 0 Å². The van der Waals surface area contributed by atoms with E-state index in [1.807, 2.05) is 24.3 Å². The average molecular weight is 576 g/mol. The highest BCUT2D eigenvalue weighted by Crippen LogP contribution is 2.43. The van der Waals surface area contributed by atoms with Crippen molar-refractivity contribution < 1.29 is 37.4 Å². The Kier molecular flexibility index (Phi) is 8.66. The number of fused-ring (bicyclic) bond motifs is 2. The quantitative estimate of drug-likeness (QED) is 0.367. The topological polar surface area (TPSA) is 90.9 Å². The second kappa shape index (κ2) is 12.5. The molecule has 1 unspecified atom stereocenters. The number of halogens is 2. The average Bonchev–Trinajstić information content (AvgIpc) is 2.99. The van der Waals surface area contributed by atoms with Crippen LogP contribution in [0.25, 0.3) is 11.6 Å². The van der Waals surface area contributed by atoms with Crippen molar-refractivity contribution in [3.05, 3.63) is 94.0 Å². The molecule has 1 aliphatic heterocycles. The molecule has 1 N–H and O–H groups in total. The lowest BCUT2D eigenvalue weighted by Gasteiger charge is -2.27. The van der Waals surface area contributed by atoms with Crippen molar-refractivity contribution in [2.75, 3.05) is 20.3 Å². The Morgan fingerprint density at radius 1 is 1.00 bits per heavy atom. The summed E-state index contributed by atoms with van der Waals surface area (Å²) in [5, 5.41) is 2.39. The maximum atomic E-state index is 14.2. The van der Waals surface area contributed by atoms with Gasteiger partial charge >= 0.3 is 5.97 Å². The van der Waals surface area contributed by atoms with Gasteiger partial charge in [0.25, 0.3) is 5.91 Å². The van der Waals surface area contributed by atoms with Gasteiger partial charge in [0, 0.05) is 29.5 Å². The first-order chi connectivity index (χ1) is 20.3. The monoisotopic (exact) mass is 575 g/mol. The Morgan fingerprint density at radius 3 is 2.43 bits per heavy atom. The van der Waals surface area contributed by atoms with Crippen LogP contribution in [-0.2, 0) is 20.7 Å². The second-order valence-electron chi connectivity index (χ2n) is 10.2. The summed E-state index contributed by atoms with van der Waals surface area (Å²) >= 11 is 0. The number of rotatable bonds is 7. The van der Waals surface area contributed by atoms with E-state index in [1.54, 1.807) is 12.1 Å². The third-order valence-corrected chi connectivity index (χ3v) is 7.71. The fraction of sp³-hybridized carbons (Fsp3) is 0.303. The predicted octanol–water partition coefficient (Wildman–Crippen LogP) is 5.65. The number of carbonyl (C=O) groups is 3. The Balaban J connectivity index is 1.52. The van der Waals surface area contributed by atoms with Gasteiger partial charge in [-0.1, -0.05) is 43.3 Å². The minimum absolute atomic E-state index is 0.0151. The molecular formula is C33H31F2NO6. The Morgan fingerprint density at radius 2 is 1.71 bits per heavy atom. The fourth-order valence-corrected chi connectivity index (χ4v) is 5.56. The Hall–Kier alpha value is -4.53. The molecule has 9 heteroatoms. The third kappa shape index (κ3) is 5.77. The van der Waals surface area contributed by atoms with Crippen molar-refractivity contribution >= 4 is 29.3 Å². The smallest absolute Gasteiger partial charge is 0.328 e. The van der Waals surface area contributed by atoms with E-state index in [1.165, 1.54) is 5.56 Å². The number of esters is 1. The maximum absolute atomic E-state index is 14.2. The van der Waals surface area contributed by atoms with E-state index >= 15 is 0 Å². The molecule has 1 aliphatic carbocycles. The number of hydrogen-bond donors (Lipinski definition) is 1. The zero-order chi connectivity index (χ0) is 29.8. The van der Waals surface area contributed by atoms with Crippen molar-refractivity contribution in [3.63, 3.8) is 0 Å². The lowest BCUT2D eigenvalue weighted by Crippen LogP contribution is -2.43. The number of ketones is 1. The molecule has 0 spiro atoms. The number of methoxy groups -OCH3 is 1. The highest BCUT2D eigenvalue weighted by atomic mass is 19.1. The van der Waals surface area contributed by atoms with E-state index in [2.05, 4.69) is 18.3 Å². The standard InChI is InChI=1S/C33H31F2NO6/c1-3-19-12-14-28(37)24(17-20-7-4-5-8-22(19)20)23-13-11-21(30-31(23)42-16-15-41-30)18-27(33(39)40-2)36-32(38)29-25(34)9-6-10-26(29)35/h4-11,13,17,19,27H,3,12,14-16,18H2,1-2H3,(H,36,38)/t19?,27-/m0/s1. The van der Waals surface area contributed by atoms with Crippen LogP contribution in [0.2, 0.25) is 0 Å². The van der Waals surface area contributed by atoms with Gasteiger partial charge in [-0.25, -0.2) is 13.6 Å². The number of carbonyl (C=O) groups excluding carboxylic acids is 3. The number of allylic oxidation sites excluding steroid dienone is 1. The summed E-state index contributed by atoms with van der Waals surface area (Å²) in [5.74, 6) is -3.07. The van der Waals surface area contributed by atoms with Crippen LogP contribution in [0.5, 0.6) is 11.5 Å². The number of hydrogen-bond acceptors (Lipinski definition) is 6. The number of benzene rings is 3. The summed E-state index contributed by atoms with van der Waals surface area (Å²) in [6.45, 7) is 2.60. The molecule has 0 saturated carbocycles. The van der Waals surface area contributed by atoms with Gasteiger partial charge in [0.15, 0.2) is 17.3 Å². The summed E-state index contributed by atoms with van der Waals surface area (Å²) < 4.78 is 45.4. The van der Waals surface area contributed by atoms with Gasteiger partial charge in [-0.2, -0.15) is 0 Å². The summed E-state index contributed by atoms with van der Waals surface area (Å²) in [7, 11) is 1.15. The Bertz CT molecular complexity index is 1550. The summed E-state index contributed by atoms with van der Waals surface area (Å²) in [6.07, 6.45) is 3.81. The van der Waals surface area contributed by atoms with Gasteiger partial charge in [-0.05, 0) is 54.2 Å². The van der Waals surface area contributed by atoms with Crippen LogP contribution >= 0.6 is 0 Å². The molecule has 218 valence electrons. The largest absolute Gasteiger partial charge is 0.486 e. The summed E-state index contributed by atoms with van der Waals surface area (Å²) in [5.41, 5.74) is 2.91. The Labute approximate surface area is 242 Å². The van der Waals surface area contributed by atoms with E-state index in [-0.39, 0.29) is 31.3 Å². The van der Waals surface area contributed by atoms with Crippen molar-refractivity contribution in [1.29, 1.82) is 0 Å². The van der Waals surface area contributed by atoms with E-state index in [9.17, 15) is 23.2 Å². The van der Waals surface area contributed by atoms with Crippen LogP contribution in [0.4, 0.5) is 8.78 Å². The first kappa shape index (κ1) is 29.0. The van der Waals surface area contributed by atoms with Crippen molar-refractivity contribution in [2.45, 2.75) is 44.6 Å². The zero-order valence-electron chi connectivity index (χ0n) is 23.4. The molecule has 5 rings (SSSR count). The number of ether oxygens (including phenoxy) is 3. The maximum Gasteiger partial charge on any atom is 0.328 e. The molecule has 0 saturated heterocycles. The van der Waals surface area contributed by atoms with Crippen LogP contribution in [0.1, 0.15) is 64.7 Å². The van der Waals surface area contributed by atoms with Crippen LogP contribution < -0.4 is 14.8 Å². The van der Waals surface area contributed by atoms with Gasteiger partial charge < -0.3 is 19.5 Å². The van der Waals surface area contributed by atoms with E-state index in [0.29, 0.717) is 34.6 Å². The molecule has 1 amide bonds. The molecule has 0 aromatic heterocycles. The minimum atomic E-state index is -1.29. The second-order valence-corrected chi connectivity index (χ2v) is 10.2.